The van der Waals surface area contributed by atoms with E-state index in [1.54, 1.807) is 14.0 Å². The molecule has 2 nitrogen and oxygen atoms in total. The van der Waals surface area contributed by atoms with Crippen LogP contribution in [0.15, 0.2) is 18.2 Å². The van der Waals surface area contributed by atoms with E-state index in [4.69, 9.17) is 4.74 Å². The van der Waals surface area contributed by atoms with E-state index in [2.05, 4.69) is 5.32 Å². The predicted octanol–water partition coefficient (Wildman–Crippen LogP) is 3.27. The van der Waals surface area contributed by atoms with Gasteiger partial charge in [-0.3, -0.25) is 0 Å². The Balaban J connectivity index is 2.22. The molecule has 1 aliphatic rings. The smallest absolute Gasteiger partial charge is 0.123 e. The van der Waals surface area contributed by atoms with E-state index in [0.717, 1.165) is 36.4 Å². The third kappa shape index (κ3) is 3.02. The Kier molecular flexibility index (Phi) is 4.59. The van der Waals surface area contributed by atoms with Crippen LogP contribution in [-0.4, -0.2) is 20.2 Å². The fraction of sp³-hybridized carbons (Fsp3) is 0.600. The van der Waals surface area contributed by atoms with Gasteiger partial charge in [0, 0.05) is 5.56 Å². The van der Waals surface area contributed by atoms with E-state index in [1.165, 1.54) is 12.8 Å². The van der Waals surface area contributed by atoms with Crippen molar-refractivity contribution >= 4 is 0 Å². The summed E-state index contributed by atoms with van der Waals surface area (Å²) in [7, 11) is 1.66. The van der Waals surface area contributed by atoms with Gasteiger partial charge in [-0.05, 0) is 56.8 Å². The molecule has 0 bridgehead atoms. The molecule has 1 aromatic carbocycles. The second-order valence-corrected chi connectivity index (χ2v) is 5.06. The molecule has 1 aromatic rings. The Hall–Kier alpha value is -1.09. The maximum absolute atomic E-state index is 13.7. The molecule has 3 heteroatoms. The zero-order valence-electron chi connectivity index (χ0n) is 11.2. The van der Waals surface area contributed by atoms with Gasteiger partial charge in [0.25, 0.3) is 0 Å². The number of benzene rings is 1. The molecule has 0 aliphatic carbocycles. The Morgan fingerprint density at radius 2 is 2.33 bits per heavy atom. The van der Waals surface area contributed by atoms with Crippen LogP contribution < -0.4 is 10.1 Å². The largest absolute Gasteiger partial charge is 0.496 e. The Labute approximate surface area is 109 Å². The molecule has 1 heterocycles. The molecule has 1 saturated heterocycles. The van der Waals surface area contributed by atoms with Crippen LogP contribution in [0.1, 0.15) is 37.1 Å². The first-order valence-electron chi connectivity index (χ1n) is 6.73. The lowest BCUT2D eigenvalue weighted by molar-refractivity contribution is 0.345. The minimum Gasteiger partial charge on any atom is -0.496 e. The number of ether oxygens (including phenoxy) is 1. The van der Waals surface area contributed by atoms with Crippen molar-refractivity contribution < 1.29 is 9.13 Å². The fourth-order valence-electron chi connectivity index (χ4n) is 2.75. The minimum atomic E-state index is -0.938. The lowest BCUT2D eigenvalue weighted by Gasteiger charge is -2.25. The Morgan fingerprint density at radius 3 is 2.94 bits per heavy atom. The van der Waals surface area contributed by atoms with Gasteiger partial charge in [0.15, 0.2) is 0 Å². The van der Waals surface area contributed by atoms with Crippen LogP contribution in [0.2, 0.25) is 0 Å². The second kappa shape index (κ2) is 6.19. The highest BCUT2D eigenvalue weighted by Gasteiger charge is 2.20. The molecule has 0 amide bonds. The molecule has 1 fully saturated rings. The number of hydrogen-bond donors (Lipinski definition) is 1. The summed E-state index contributed by atoms with van der Waals surface area (Å²) in [6.45, 7) is 3.73. The minimum absolute atomic E-state index is 0.590. The summed E-state index contributed by atoms with van der Waals surface area (Å²) in [5.41, 5.74) is 1.82. The standard InChI is InChI=1S/C15H22FNO/c1-11(16)13-6-3-7-15(18-2)14(13)9-12-5-4-8-17-10-12/h3,6-7,11-12,17H,4-5,8-10H2,1-2H3. The van der Waals surface area contributed by atoms with Crippen LogP contribution in [0, 0.1) is 5.92 Å². The monoisotopic (exact) mass is 251 g/mol. The summed E-state index contributed by atoms with van der Waals surface area (Å²) < 4.78 is 19.1. The average Bonchev–Trinajstić information content (AvgIpc) is 2.40. The highest BCUT2D eigenvalue weighted by atomic mass is 19.1. The third-order valence-electron chi connectivity index (χ3n) is 3.71. The quantitative estimate of drug-likeness (QED) is 0.886. The molecule has 0 spiro atoms. The SMILES string of the molecule is COc1cccc(C(C)F)c1CC1CCCNC1. The molecule has 2 atom stereocenters. The number of nitrogens with one attached hydrogen (secondary N) is 1. The van der Waals surface area contributed by atoms with E-state index in [9.17, 15) is 4.39 Å². The molecule has 1 N–H and O–H groups in total. The van der Waals surface area contributed by atoms with Gasteiger partial charge in [0.05, 0.1) is 7.11 Å². The van der Waals surface area contributed by atoms with Crippen molar-refractivity contribution in [3.63, 3.8) is 0 Å². The molecule has 18 heavy (non-hydrogen) atoms. The van der Waals surface area contributed by atoms with E-state index < -0.39 is 6.17 Å². The lowest BCUT2D eigenvalue weighted by atomic mass is 9.89. The van der Waals surface area contributed by atoms with Crippen molar-refractivity contribution in [3.8, 4) is 5.75 Å². The van der Waals surface area contributed by atoms with Gasteiger partial charge in [-0.15, -0.1) is 0 Å². The first kappa shape index (κ1) is 13.3. The number of halogens is 1. The summed E-state index contributed by atoms with van der Waals surface area (Å²) >= 11 is 0. The maximum atomic E-state index is 13.7. The Bertz CT molecular complexity index is 386. The third-order valence-corrected chi connectivity index (χ3v) is 3.71. The number of alkyl halides is 1. The molecule has 0 saturated carbocycles. The molecule has 0 aromatic heterocycles. The summed E-state index contributed by atoms with van der Waals surface area (Å²) in [5, 5.41) is 3.41. The average molecular weight is 251 g/mol. The van der Waals surface area contributed by atoms with Crippen LogP contribution >= 0.6 is 0 Å². The molecule has 100 valence electrons. The van der Waals surface area contributed by atoms with Crippen molar-refractivity contribution in [1.82, 2.24) is 5.32 Å². The predicted molar refractivity (Wildman–Crippen MR) is 71.8 cm³/mol. The topological polar surface area (TPSA) is 21.3 Å². The summed E-state index contributed by atoms with van der Waals surface area (Å²) in [4.78, 5) is 0. The van der Waals surface area contributed by atoms with Crippen molar-refractivity contribution in [2.45, 2.75) is 32.4 Å². The zero-order chi connectivity index (χ0) is 13.0. The highest BCUT2D eigenvalue weighted by molar-refractivity contribution is 5.41. The van der Waals surface area contributed by atoms with Crippen molar-refractivity contribution in [3.05, 3.63) is 29.3 Å². The normalized spacial score (nSPS) is 21.6. The van der Waals surface area contributed by atoms with Crippen molar-refractivity contribution in [2.24, 2.45) is 5.92 Å². The van der Waals surface area contributed by atoms with Gasteiger partial charge in [-0.1, -0.05) is 12.1 Å². The zero-order valence-corrected chi connectivity index (χ0v) is 11.2. The number of rotatable bonds is 4. The van der Waals surface area contributed by atoms with Crippen LogP contribution in [-0.2, 0) is 6.42 Å². The van der Waals surface area contributed by atoms with Gasteiger partial charge in [-0.2, -0.15) is 0 Å². The fourth-order valence-corrected chi connectivity index (χ4v) is 2.75. The number of piperidine rings is 1. The van der Waals surface area contributed by atoms with Gasteiger partial charge < -0.3 is 10.1 Å². The van der Waals surface area contributed by atoms with Gasteiger partial charge in [0.1, 0.15) is 11.9 Å². The number of methoxy groups -OCH3 is 1. The molecule has 2 rings (SSSR count). The van der Waals surface area contributed by atoms with Crippen LogP contribution in [0.4, 0.5) is 4.39 Å². The summed E-state index contributed by atoms with van der Waals surface area (Å²) in [5.74, 6) is 1.41. The summed E-state index contributed by atoms with van der Waals surface area (Å²) in [6.07, 6.45) is 2.39. The molecular formula is C15H22FNO. The maximum Gasteiger partial charge on any atom is 0.123 e. The lowest BCUT2D eigenvalue weighted by Crippen LogP contribution is -2.31. The summed E-state index contributed by atoms with van der Waals surface area (Å²) in [6, 6.07) is 5.67. The number of hydrogen-bond acceptors (Lipinski definition) is 2. The van der Waals surface area contributed by atoms with Gasteiger partial charge in [0.2, 0.25) is 0 Å². The van der Waals surface area contributed by atoms with E-state index >= 15 is 0 Å². The van der Waals surface area contributed by atoms with E-state index in [1.807, 2.05) is 18.2 Å². The van der Waals surface area contributed by atoms with E-state index in [-0.39, 0.29) is 0 Å². The van der Waals surface area contributed by atoms with Crippen molar-refractivity contribution in [2.75, 3.05) is 20.2 Å². The van der Waals surface area contributed by atoms with Crippen LogP contribution in [0.5, 0.6) is 5.75 Å². The highest BCUT2D eigenvalue weighted by Crippen LogP contribution is 2.32. The second-order valence-electron chi connectivity index (χ2n) is 5.06. The first-order valence-corrected chi connectivity index (χ1v) is 6.73. The van der Waals surface area contributed by atoms with Crippen LogP contribution in [0.3, 0.4) is 0 Å². The molecule has 1 aliphatic heterocycles. The van der Waals surface area contributed by atoms with Gasteiger partial charge in [-0.25, -0.2) is 4.39 Å². The molecule has 2 unspecified atom stereocenters. The molecule has 0 radical (unpaired) electrons. The van der Waals surface area contributed by atoms with E-state index in [0.29, 0.717) is 5.92 Å². The Morgan fingerprint density at radius 1 is 1.50 bits per heavy atom. The van der Waals surface area contributed by atoms with Crippen molar-refractivity contribution in [1.29, 1.82) is 0 Å². The molecular weight excluding hydrogens is 229 g/mol. The van der Waals surface area contributed by atoms with Crippen LogP contribution in [0.25, 0.3) is 0 Å². The van der Waals surface area contributed by atoms with Gasteiger partial charge >= 0.3 is 0 Å². The first-order chi connectivity index (χ1) is 8.72.